The largest absolute Gasteiger partial charge is 0.479 e. The van der Waals surface area contributed by atoms with Crippen LogP contribution in [0.5, 0.6) is 0 Å². The van der Waals surface area contributed by atoms with E-state index in [0.717, 1.165) is 73.8 Å². The fourth-order valence-corrected chi connectivity index (χ4v) is 6.68. The highest BCUT2D eigenvalue weighted by molar-refractivity contribution is 6.31. The molecule has 1 aromatic heterocycles. The minimum absolute atomic E-state index is 0.257. The highest BCUT2D eigenvalue weighted by atomic mass is 35.5. The molecule has 0 radical (unpaired) electrons. The summed E-state index contributed by atoms with van der Waals surface area (Å²) >= 11 is 6.55. The summed E-state index contributed by atoms with van der Waals surface area (Å²) in [5, 5.41) is 11.2. The molecule has 230 valence electrons. The number of rotatable bonds is 7. The maximum atomic E-state index is 12.7. The Bertz CT molecular complexity index is 1480. The van der Waals surface area contributed by atoms with Crippen LogP contribution in [0.15, 0.2) is 42.6 Å². The second-order valence-corrected chi connectivity index (χ2v) is 14.5. The van der Waals surface area contributed by atoms with E-state index >= 15 is 0 Å². The Morgan fingerprint density at radius 3 is 2.47 bits per heavy atom. The van der Waals surface area contributed by atoms with Crippen LogP contribution in [-0.2, 0) is 29.0 Å². The summed E-state index contributed by atoms with van der Waals surface area (Å²) in [5.74, 6) is -0.991. The molecular formula is C36H46ClN3O3. The SMILES string of the molecule is Cc1cccc(Cl)c1CN1CCc2cc(-c3cnc(C)c([C@H](OC(C)(C)C)C(=O)O)c3N3CCC(C)(C)CC3)ccc2C1. The maximum absolute atomic E-state index is 12.7. The number of piperidine rings is 1. The molecule has 0 unspecified atom stereocenters. The standard InChI is InChI=1S/C36H46ClN3O3/c1-23-9-8-10-30(37)29(23)22-39-16-13-25-19-26(11-12-27(25)21-39)28-20-38-24(2)31(33(34(41)42)43-35(3,4)5)32(28)40-17-14-36(6,7)15-18-40/h8-12,19-20,33H,13-18,21-22H2,1-7H3,(H,41,42)/t33-/m0/s1. The first kappa shape index (κ1) is 31.5. The fraction of sp³-hybridized carbons (Fsp3) is 0.500. The molecule has 6 nitrogen and oxygen atoms in total. The summed E-state index contributed by atoms with van der Waals surface area (Å²) in [6.07, 6.45) is 3.83. The van der Waals surface area contributed by atoms with Crippen LogP contribution >= 0.6 is 11.6 Å². The number of aliphatic carboxylic acids is 1. The first-order valence-electron chi connectivity index (χ1n) is 15.5. The van der Waals surface area contributed by atoms with E-state index in [1.807, 2.05) is 46.0 Å². The van der Waals surface area contributed by atoms with Gasteiger partial charge in [0.25, 0.3) is 0 Å². The molecule has 0 spiro atoms. The Balaban J connectivity index is 1.53. The predicted molar refractivity (Wildman–Crippen MR) is 175 cm³/mol. The van der Waals surface area contributed by atoms with Gasteiger partial charge in [0, 0.05) is 60.8 Å². The smallest absolute Gasteiger partial charge is 0.337 e. The number of pyridine rings is 1. The lowest BCUT2D eigenvalue weighted by Gasteiger charge is -2.41. The normalized spacial score (nSPS) is 17.9. The first-order chi connectivity index (χ1) is 20.2. The summed E-state index contributed by atoms with van der Waals surface area (Å²) in [7, 11) is 0. The van der Waals surface area contributed by atoms with E-state index in [1.54, 1.807) is 0 Å². The van der Waals surface area contributed by atoms with Gasteiger partial charge in [0.1, 0.15) is 0 Å². The van der Waals surface area contributed by atoms with Crippen molar-refractivity contribution in [3.8, 4) is 11.1 Å². The average Bonchev–Trinajstić information content (AvgIpc) is 2.93. The molecule has 0 amide bonds. The van der Waals surface area contributed by atoms with Crippen LogP contribution in [-0.4, -0.2) is 46.2 Å². The molecule has 7 heteroatoms. The zero-order valence-corrected chi connectivity index (χ0v) is 27.5. The number of carboxylic acids is 1. The number of benzene rings is 2. The van der Waals surface area contributed by atoms with Gasteiger partial charge < -0.3 is 14.7 Å². The van der Waals surface area contributed by atoms with Crippen molar-refractivity contribution < 1.29 is 14.6 Å². The van der Waals surface area contributed by atoms with Crippen LogP contribution in [0.25, 0.3) is 11.1 Å². The molecule has 2 aliphatic heterocycles. The number of aryl methyl sites for hydroxylation is 2. The lowest BCUT2D eigenvalue weighted by Crippen LogP contribution is -2.39. The summed E-state index contributed by atoms with van der Waals surface area (Å²) < 4.78 is 6.22. The van der Waals surface area contributed by atoms with Crippen molar-refractivity contribution >= 4 is 23.3 Å². The van der Waals surface area contributed by atoms with Crippen molar-refractivity contribution in [2.24, 2.45) is 5.41 Å². The molecule has 5 rings (SSSR count). The third-order valence-electron chi connectivity index (χ3n) is 9.02. The lowest BCUT2D eigenvalue weighted by atomic mass is 9.82. The van der Waals surface area contributed by atoms with Gasteiger partial charge in [-0.3, -0.25) is 9.88 Å². The highest BCUT2D eigenvalue weighted by Gasteiger charge is 2.36. The van der Waals surface area contributed by atoms with Gasteiger partial charge in [-0.2, -0.15) is 0 Å². The third-order valence-corrected chi connectivity index (χ3v) is 9.38. The molecule has 0 saturated carbocycles. The first-order valence-corrected chi connectivity index (χ1v) is 15.8. The maximum Gasteiger partial charge on any atom is 0.337 e. The van der Waals surface area contributed by atoms with Crippen molar-refractivity contribution in [3.05, 3.63) is 81.1 Å². The molecule has 1 N–H and O–H groups in total. The Hall–Kier alpha value is -2.93. The van der Waals surface area contributed by atoms with Crippen molar-refractivity contribution in [1.82, 2.24) is 9.88 Å². The van der Waals surface area contributed by atoms with Crippen LogP contribution in [0.3, 0.4) is 0 Å². The summed E-state index contributed by atoms with van der Waals surface area (Å²) in [4.78, 5) is 22.3. The van der Waals surface area contributed by atoms with Crippen molar-refractivity contribution in [2.45, 2.75) is 92.5 Å². The topological polar surface area (TPSA) is 65.9 Å². The zero-order chi connectivity index (χ0) is 31.1. The van der Waals surface area contributed by atoms with E-state index < -0.39 is 17.7 Å². The number of nitrogens with zero attached hydrogens (tertiary/aromatic N) is 3. The van der Waals surface area contributed by atoms with Gasteiger partial charge in [-0.05, 0) is 93.2 Å². The number of hydrogen-bond acceptors (Lipinski definition) is 5. The summed E-state index contributed by atoms with van der Waals surface area (Å²) in [5.41, 5.74) is 9.05. The van der Waals surface area contributed by atoms with E-state index in [9.17, 15) is 9.90 Å². The van der Waals surface area contributed by atoms with Crippen molar-refractivity contribution in [2.75, 3.05) is 24.5 Å². The van der Waals surface area contributed by atoms with Crippen molar-refractivity contribution in [3.63, 3.8) is 0 Å². The number of fused-ring (bicyclic) bond motifs is 1. The number of anilines is 1. The number of ether oxygens (including phenoxy) is 1. The van der Waals surface area contributed by atoms with Gasteiger partial charge in [-0.25, -0.2) is 4.79 Å². The Labute approximate surface area is 262 Å². The Morgan fingerprint density at radius 2 is 1.81 bits per heavy atom. The fourth-order valence-electron chi connectivity index (χ4n) is 6.40. The predicted octanol–water partition coefficient (Wildman–Crippen LogP) is 8.14. The van der Waals surface area contributed by atoms with Crippen LogP contribution in [0.4, 0.5) is 5.69 Å². The molecule has 2 aliphatic rings. The van der Waals surface area contributed by atoms with E-state index in [-0.39, 0.29) is 5.41 Å². The molecule has 1 fully saturated rings. The Kier molecular flexibility index (Phi) is 8.95. The van der Waals surface area contributed by atoms with E-state index in [4.69, 9.17) is 21.3 Å². The van der Waals surface area contributed by atoms with Crippen LogP contribution in [0.1, 0.15) is 87.1 Å². The van der Waals surface area contributed by atoms with Crippen molar-refractivity contribution in [1.29, 1.82) is 0 Å². The molecule has 1 atom stereocenters. The molecule has 3 heterocycles. The minimum Gasteiger partial charge on any atom is -0.479 e. The minimum atomic E-state index is -1.11. The number of carbonyl (C=O) groups is 1. The second-order valence-electron chi connectivity index (χ2n) is 14.1. The van der Waals surface area contributed by atoms with E-state index in [2.05, 4.69) is 54.8 Å². The molecule has 1 saturated heterocycles. The average molecular weight is 604 g/mol. The summed E-state index contributed by atoms with van der Waals surface area (Å²) in [6, 6.07) is 12.8. The van der Waals surface area contributed by atoms with Crippen LogP contribution < -0.4 is 4.90 Å². The van der Waals surface area contributed by atoms with Gasteiger partial charge >= 0.3 is 5.97 Å². The van der Waals surface area contributed by atoms with Crippen LogP contribution in [0.2, 0.25) is 5.02 Å². The van der Waals surface area contributed by atoms with Gasteiger partial charge in [-0.1, -0.05) is 55.8 Å². The Morgan fingerprint density at radius 1 is 1.09 bits per heavy atom. The molecule has 3 aromatic rings. The van der Waals surface area contributed by atoms with E-state index in [0.29, 0.717) is 11.3 Å². The zero-order valence-electron chi connectivity index (χ0n) is 26.8. The molecule has 0 bridgehead atoms. The second kappa shape index (κ2) is 12.2. The molecular weight excluding hydrogens is 558 g/mol. The molecule has 43 heavy (non-hydrogen) atoms. The van der Waals surface area contributed by atoms with E-state index in [1.165, 1.54) is 22.3 Å². The number of hydrogen-bond donors (Lipinski definition) is 1. The lowest BCUT2D eigenvalue weighted by molar-refractivity contribution is -0.160. The van der Waals surface area contributed by atoms with Gasteiger partial charge in [0.2, 0.25) is 0 Å². The van der Waals surface area contributed by atoms with Gasteiger partial charge in [0.05, 0.1) is 11.3 Å². The van der Waals surface area contributed by atoms with Gasteiger partial charge in [-0.15, -0.1) is 0 Å². The number of carboxylic acid groups (broad SMARTS) is 1. The van der Waals surface area contributed by atoms with Gasteiger partial charge in [0.15, 0.2) is 6.10 Å². The third kappa shape index (κ3) is 7.08. The molecule has 0 aliphatic carbocycles. The number of halogens is 1. The number of aromatic nitrogens is 1. The van der Waals surface area contributed by atoms with Crippen LogP contribution in [0, 0.1) is 19.3 Å². The quantitative estimate of drug-likeness (QED) is 0.294. The molecule has 2 aromatic carbocycles. The summed E-state index contributed by atoms with van der Waals surface area (Å²) in [6.45, 7) is 18.7. The highest BCUT2D eigenvalue weighted by Crippen LogP contribution is 2.44. The monoisotopic (exact) mass is 603 g/mol.